The number of anilines is 1. The van der Waals surface area contributed by atoms with Gasteiger partial charge in [-0.3, -0.25) is 0 Å². The number of benzene rings is 2. The number of nitrogens with zero attached hydrogens (tertiary/aromatic N) is 3. The Labute approximate surface area is 167 Å². The molecule has 0 aliphatic carbocycles. The van der Waals surface area contributed by atoms with Crippen molar-refractivity contribution in [3.63, 3.8) is 0 Å². The maximum absolute atomic E-state index is 13.0. The highest BCUT2D eigenvalue weighted by atomic mass is 35.5. The van der Waals surface area contributed by atoms with Gasteiger partial charge in [0.1, 0.15) is 5.82 Å². The zero-order valence-electron chi connectivity index (χ0n) is 15.4. The van der Waals surface area contributed by atoms with Crippen LogP contribution in [0.1, 0.15) is 25.0 Å². The number of aromatic hydroxyl groups is 1. The summed E-state index contributed by atoms with van der Waals surface area (Å²) in [5, 5.41) is 23.6. The molecule has 1 aromatic heterocycles. The van der Waals surface area contributed by atoms with Gasteiger partial charge in [-0.15, -0.1) is 0 Å². The average Bonchev–Trinajstić information content (AvgIpc) is 2.62. The van der Waals surface area contributed by atoms with Crippen molar-refractivity contribution in [2.24, 2.45) is 0 Å². The Balaban J connectivity index is 1.79. The van der Waals surface area contributed by atoms with Crippen molar-refractivity contribution in [2.75, 3.05) is 11.9 Å². The van der Waals surface area contributed by atoms with Gasteiger partial charge in [-0.1, -0.05) is 23.7 Å². The number of aliphatic hydroxyl groups is 1. The molecule has 0 amide bonds. The zero-order valence-corrected chi connectivity index (χ0v) is 16.2. The summed E-state index contributed by atoms with van der Waals surface area (Å²) in [7, 11) is 0. The smallest absolute Gasteiger partial charge is 0.319 e. The van der Waals surface area contributed by atoms with Crippen molar-refractivity contribution in [3.05, 3.63) is 64.4 Å². The number of hydrogen-bond acceptors (Lipinski definition) is 6. The van der Waals surface area contributed by atoms with Crippen LogP contribution in [-0.4, -0.2) is 31.7 Å². The molecule has 0 bridgehead atoms. The third kappa shape index (κ3) is 4.94. The summed E-state index contributed by atoms with van der Waals surface area (Å²) >= 11 is 6.17. The summed E-state index contributed by atoms with van der Waals surface area (Å²) in [6.45, 7) is 3.75. The van der Waals surface area contributed by atoms with Crippen LogP contribution in [0, 0.1) is 5.82 Å². The van der Waals surface area contributed by atoms with E-state index in [0.29, 0.717) is 29.1 Å². The molecule has 6 nitrogen and oxygen atoms in total. The molecule has 0 unspecified atom stereocenters. The van der Waals surface area contributed by atoms with Gasteiger partial charge in [0.25, 0.3) is 0 Å². The molecular formula is C20H20ClFN4O2. The number of halogens is 2. The van der Waals surface area contributed by atoms with E-state index in [1.807, 2.05) is 0 Å². The van der Waals surface area contributed by atoms with Crippen LogP contribution < -0.4 is 5.32 Å². The normalized spacial score (nSPS) is 11.5. The summed E-state index contributed by atoms with van der Waals surface area (Å²) < 4.78 is 13.0. The summed E-state index contributed by atoms with van der Waals surface area (Å²) in [6.07, 6.45) is 0.631. The van der Waals surface area contributed by atoms with Gasteiger partial charge in [0.15, 0.2) is 5.82 Å². The maximum Gasteiger partial charge on any atom is 0.319 e. The van der Waals surface area contributed by atoms with Crippen LogP contribution in [0.15, 0.2) is 42.5 Å². The molecule has 28 heavy (non-hydrogen) atoms. The molecule has 3 rings (SSSR count). The Kier molecular flexibility index (Phi) is 5.76. The Hall–Kier alpha value is -2.77. The van der Waals surface area contributed by atoms with Gasteiger partial charge in [-0.05, 0) is 56.2 Å². The standard InChI is InChI=1S/C20H20ClFN4O2/c1-20(2,28)15-11-13(5-8-16(15)21)17-24-18(26-19(27)25-17)23-10-9-12-3-6-14(22)7-4-12/h3-8,11,28H,9-10H2,1-2H3,(H2,23,24,25,26,27). The lowest BCUT2D eigenvalue weighted by molar-refractivity contribution is 0.0787. The summed E-state index contributed by atoms with van der Waals surface area (Å²) in [6, 6.07) is 10.8. The number of rotatable bonds is 6. The van der Waals surface area contributed by atoms with Crippen LogP contribution in [0.25, 0.3) is 11.4 Å². The van der Waals surface area contributed by atoms with Gasteiger partial charge in [0.05, 0.1) is 5.60 Å². The highest BCUT2D eigenvalue weighted by molar-refractivity contribution is 6.31. The summed E-state index contributed by atoms with van der Waals surface area (Å²) in [4.78, 5) is 12.2. The van der Waals surface area contributed by atoms with E-state index in [0.717, 1.165) is 5.56 Å². The molecule has 0 aliphatic heterocycles. The Morgan fingerprint density at radius 1 is 1.07 bits per heavy atom. The minimum Gasteiger partial charge on any atom is -0.479 e. The van der Waals surface area contributed by atoms with E-state index in [1.54, 1.807) is 44.2 Å². The van der Waals surface area contributed by atoms with E-state index in [1.165, 1.54) is 12.1 Å². The molecule has 146 valence electrons. The molecule has 2 aromatic carbocycles. The predicted octanol–water partition coefficient (Wildman–Crippen LogP) is 3.92. The van der Waals surface area contributed by atoms with Crippen LogP contribution in [-0.2, 0) is 12.0 Å². The van der Waals surface area contributed by atoms with E-state index < -0.39 is 11.6 Å². The van der Waals surface area contributed by atoms with Crippen molar-refractivity contribution in [3.8, 4) is 17.4 Å². The molecule has 0 fully saturated rings. The van der Waals surface area contributed by atoms with Crippen LogP contribution >= 0.6 is 11.6 Å². The second kappa shape index (κ2) is 8.08. The first-order valence-corrected chi connectivity index (χ1v) is 9.06. The topological polar surface area (TPSA) is 91.2 Å². The second-order valence-electron chi connectivity index (χ2n) is 6.84. The third-order valence-electron chi connectivity index (χ3n) is 4.12. The van der Waals surface area contributed by atoms with E-state index >= 15 is 0 Å². The molecule has 0 spiro atoms. The minimum atomic E-state index is -1.14. The van der Waals surface area contributed by atoms with Gasteiger partial charge in [0, 0.05) is 22.7 Å². The lowest BCUT2D eigenvalue weighted by Gasteiger charge is -2.20. The van der Waals surface area contributed by atoms with E-state index in [2.05, 4.69) is 20.3 Å². The minimum absolute atomic E-state index is 0.212. The van der Waals surface area contributed by atoms with E-state index in [-0.39, 0.29) is 17.6 Å². The van der Waals surface area contributed by atoms with Gasteiger partial charge in [0.2, 0.25) is 5.95 Å². The first kappa shape index (κ1) is 20.0. The van der Waals surface area contributed by atoms with Crippen molar-refractivity contribution >= 4 is 17.5 Å². The molecule has 0 radical (unpaired) electrons. The van der Waals surface area contributed by atoms with Gasteiger partial charge >= 0.3 is 6.01 Å². The lowest BCUT2D eigenvalue weighted by atomic mass is 9.96. The van der Waals surface area contributed by atoms with Crippen LogP contribution in [0.5, 0.6) is 6.01 Å². The highest BCUT2D eigenvalue weighted by Crippen LogP contribution is 2.31. The van der Waals surface area contributed by atoms with E-state index in [9.17, 15) is 14.6 Å². The number of aromatic nitrogens is 3. The molecule has 3 N–H and O–H groups in total. The molecule has 0 aliphatic rings. The summed E-state index contributed by atoms with van der Waals surface area (Å²) in [5.41, 5.74) is 0.927. The zero-order chi connectivity index (χ0) is 20.3. The number of hydrogen-bond donors (Lipinski definition) is 3. The van der Waals surface area contributed by atoms with Gasteiger partial charge in [-0.25, -0.2) is 4.39 Å². The maximum atomic E-state index is 13.0. The van der Waals surface area contributed by atoms with Gasteiger partial charge < -0.3 is 15.5 Å². The molecule has 3 aromatic rings. The quantitative estimate of drug-likeness (QED) is 0.579. The van der Waals surface area contributed by atoms with Crippen molar-refractivity contribution in [1.29, 1.82) is 0 Å². The average molecular weight is 403 g/mol. The largest absolute Gasteiger partial charge is 0.479 e. The molecular weight excluding hydrogens is 383 g/mol. The lowest BCUT2D eigenvalue weighted by Crippen LogP contribution is -2.16. The fourth-order valence-electron chi connectivity index (χ4n) is 2.68. The van der Waals surface area contributed by atoms with Crippen LogP contribution in [0.3, 0.4) is 0 Å². The second-order valence-corrected chi connectivity index (χ2v) is 7.25. The Morgan fingerprint density at radius 3 is 2.46 bits per heavy atom. The molecule has 1 heterocycles. The highest BCUT2D eigenvalue weighted by Gasteiger charge is 2.21. The molecule has 0 saturated carbocycles. The first-order chi connectivity index (χ1) is 13.2. The van der Waals surface area contributed by atoms with Crippen molar-refractivity contribution in [1.82, 2.24) is 15.0 Å². The SMILES string of the molecule is CC(C)(O)c1cc(-c2nc(O)nc(NCCc3ccc(F)cc3)n2)ccc1Cl. The fourth-order valence-corrected chi connectivity index (χ4v) is 3.02. The van der Waals surface area contributed by atoms with Crippen molar-refractivity contribution in [2.45, 2.75) is 25.9 Å². The molecule has 0 saturated heterocycles. The predicted molar refractivity (Wildman–Crippen MR) is 106 cm³/mol. The van der Waals surface area contributed by atoms with Gasteiger partial charge in [-0.2, -0.15) is 15.0 Å². The van der Waals surface area contributed by atoms with E-state index in [4.69, 9.17) is 11.6 Å². The fraction of sp³-hybridized carbons (Fsp3) is 0.250. The monoisotopic (exact) mass is 402 g/mol. The Morgan fingerprint density at radius 2 is 1.79 bits per heavy atom. The molecule has 0 atom stereocenters. The third-order valence-corrected chi connectivity index (χ3v) is 4.45. The van der Waals surface area contributed by atoms with Crippen LogP contribution in [0.4, 0.5) is 10.3 Å². The molecule has 8 heteroatoms. The Bertz CT molecular complexity index is 975. The number of nitrogens with one attached hydrogen (secondary N) is 1. The van der Waals surface area contributed by atoms with Crippen molar-refractivity contribution < 1.29 is 14.6 Å². The van der Waals surface area contributed by atoms with Crippen LogP contribution in [0.2, 0.25) is 5.02 Å². The first-order valence-electron chi connectivity index (χ1n) is 8.68. The summed E-state index contributed by atoms with van der Waals surface area (Å²) in [5.74, 6) is 0.181.